The second kappa shape index (κ2) is 16.6. The van der Waals surface area contributed by atoms with Crippen molar-refractivity contribution < 1.29 is 46.0 Å². The fraction of sp³-hybridized carbons (Fsp3) is 0.541. The molecule has 0 amide bonds. The van der Waals surface area contributed by atoms with Crippen LogP contribution in [-0.4, -0.2) is 70.4 Å². The second-order valence-corrected chi connectivity index (χ2v) is 13.7. The van der Waals surface area contributed by atoms with E-state index >= 15 is 0 Å². The number of nitrogens with zero attached hydrogens (tertiary/aromatic N) is 4. The van der Waals surface area contributed by atoms with Gasteiger partial charge < -0.3 is 28.6 Å². The summed E-state index contributed by atoms with van der Waals surface area (Å²) in [5, 5.41) is 4.82. The number of hydrogen-bond acceptors (Lipinski definition) is 9. The number of piperidine rings is 1. The number of aromatic nitrogens is 3. The molecule has 1 unspecified atom stereocenters. The fourth-order valence-corrected chi connectivity index (χ4v) is 5.81. The molecule has 0 spiro atoms. The van der Waals surface area contributed by atoms with Gasteiger partial charge in [-0.05, 0) is 60.5 Å². The van der Waals surface area contributed by atoms with Crippen molar-refractivity contribution in [2.45, 2.75) is 104 Å². The first-order valence-electron chi connectivity index (χ1n) is 16.9. The minimum atomic E-state index is -4.69. The smallest absolute Gasteiger partial charge is 0.425 e. The summed E-state index contributed by atoms with van der Waals surface area (Å²) < 4.78 is 85.4. The van der Waals surface area contributed by atoms with E-state index in [-0.39, 0.29) is 36.7 Å². The molecule has 0 bridgehead atoms. The Labute approximate surface area is 296 Å². The van der Waals surface area contributed by atoms with Crippen molar-refractivity contribution in [2.75, 3.05) is 31.2 Å². The number of alkyl halides is 3. The number of aryl methyl sites for hydroxylation is 1. The Kier molecular flexibility index (Phi) is 12.9. The summed E-state index contributed by atoms with van der Waals surface area (Å²) in [5.41, 5.74) is 1.17. The number of hydrogen-bond donors (Lipinski definition) is 0. The largest absolute Gasteiger partial charge is 0.480 e. The van der Waals surface area contributed by atoms with Crippen molar-refractivity contribution in [2.24, 2.45) is 0 Å². The maximum atomic E-state index is 14.1. The van der Waals surface area contributed by atoms with Crippen molar-refractivity contribution in [3.8, 4) is 5.75 Å². The zero-order valence-electron chi connectivity index (χ0n) is 30.1. The molecule has 1 saturated heterocycles. The summed E-state index contributed by atoms with van der Waals surface area (Å²) in [4.78, 5) is 20.4. The number of esters is 1. The van der Waals surface area contributed by atoms with Gasteiger partial charge in [-0.15, -0.1) is 13.2 Å². The number of benzene rings is 1. The molecule has 2 atom stereocenters. The predicted molar refractivity (Wildman–Crippen MR) is 184 cm³/mol. The van der Waals surface area contributed by atoms with Crippen LogP contribution in [-0.2, 0) is 37.0 Å². The van der Waals surface area contributed by atoms with E-state index in [9.17, 15) is 22.4 Å². The van der Waals surface area contributed by atoms with Gasteiger partial charge in [-0.3, -0.25) is 0 Å². The summed E-state index contributed by atoms with van der Waals surface area (Å²) in [6.45, 7) is 19.8. The van der Waals surface area contributed by atoms with Gasteiger partial charge in [0.2, 0.25) is 0 Å². The molecule has 0 N–H and O–H groups in total. The Balaban J connectivity index is 1.69. The van der Waals surface area contributed by atoms with Crippen LogP contribution in [0.2, 0.25) is 0 Å². The molecule has 3 heterocycles. The predicted octanol–water partition coefficient (Wildman–Crippen LogP) is 7.76. The Morgan fingerprint density at radius 3 is 2.41 bits per heavy atom. The normalized spacial score (nSPS) is 16.2. The Morgan fingerprint density at radius 1 is 1.10 bits per heavy atom. The highest BCUT2D eigenvalue weighted by Gasteiger charge is 2.41. The summed E-state index contributed by atoms with van der Waals surface area (Å²) in [7, 11) is 0. The van der Waals surface area contributed by atoms with Gasteiger partial charge in [0, 0.05) is 42.9 Å². The number of rotatable bonds is 16. The highest BCUT2D eigenvalue weighted by molar-refractivity contribution is 5.80. The number of anilines is 1. The highest BCUT2D eigenvalue weighted by Crippen LogP contribution is 2.38. The fourth-order valence-electron chi connectivity index (χ4n) is 5.81. The van der Waals surface area contributed by atoms with Gasteiger partial charge in [-0.25, -0.2) is 14.2 Å². The first-order chi connectivity index (χ1) is 24.0. The molecule has 280 valence electrons. The molecule has 0 saturated carbocycles. The molecular formula is C37H48F4N4O6. The van der Waals surface area contributed by atoms with Crippen molar-refractivity contribution in [3.63, 3.8) is 0 Å². The van der Waals surface area contributed by atoms with Gasteiger partial charge in [-0.2, -0.15) is 22.8 Å². The first kappa shape index (κ1) is 39.8. The molecule has 51 heavy (non-hydrogen) atoms. The Morgan fingerprint density at radius 2 is 1.80 bits per heavy atom. The Bertz CT molecular complexity index is 1680. The highest BCUT2D eigenvalue weighted by atomic mass is 19.4. The lowest BCUT2D eigenvalue weighted by molar-refractivity contribution is -0.194. The number of ether oxygens (including phenoxy) is 5. The quantitative estimate of drug-likeness (QED) is 0.0836. The Hall–Kier alpha value is -4.01. The molecule has 0 radical (unpaired) electrons. The standard InChI is InChI=1S/C37H48F4N4O6/c1-9-12-29(37(39,40)41)50-28-20-26(38)14-13-25(28)22-47-23-27-21-30-42-24(4)31(32(34(46)48-11-3)51-35(5,6)7)33(45(30)43-27)44-17-15-36(8,16-18-44)49-19-10-2/h9-10,13-14,20-21,29,32H,1-2,11-12,15-19,22-23H2,3-8H3/t29?,32-/m0/s1. The molecule has 1 aliphatic rings. The minimum absolute atomic E-state index is 0.0589. The zero-order valence-corrected chi connectivity index (χ0v) is 30.1. The third kappa shape index (κ3) is 10.3. The summed E-state index contributed by atoms with van der Waals surface area (Å²) in [6, 6.07) is 5.08. The average Bonchev–Trinajstić information content (AvgIpc) is 3.45. The van der Waals surface area contributed by atoms with E-state index in [0.717, 1.165) is 18.2 Å². The molecule has 4 rings (SSSR count). The van der Waals surface area contributed by atoms with Gasteiger partial charge in [0.05, 0.1) is 48.9 Å². The second-order valence-electron chi connectivity index (χ2n) is 13.7. The van der Waals surface area contributed by atoms with E-state index in [0.29, 0.717) is 61.0 Å². The molecule has 1 fully saturated rings. The number of carbonyl (C=O) groups is 1. The lowest BCUT2D eigenvalue weighted by Crippen LogP contribution is -2.45. The summed E-state index contributed by atoms with van der Waals surface area (Å²) >= 11 is 0. The summed E-state index contributed by atoms with van der Waals surface area (Å²) in [5.74, 6) is -0.967. The lowest BCUT2D eigenvalue weighted by Gasteiger charge is -2.41. The maximum Gasteiger partial charge on any atom is 0.425 e. The third-order valence-corrected chi connectivity index (χ3v) is 8.31. The van der Waals surface area contributed by atoms with Crippen LogP contribution in [0, 0.1) is 12.7 Å². The van der Waals surface area contributed by atoms with E-state index in [1.54, 1.807) is 30.5 Å². The van der Waals surface area contributed by atoms with Crippen molar-refractivity contribution in [1.29, 1.82) is 0 Å². The number of fused-ring (bicyclic) bond motifs is 1. The molecule has 10 nitrogen and oxygen atoms in total. The van der Waals surface area contributed by atoms with Crippen molar-refractivity contribution in [1.82, 2.24) is 14.6 Å². The van der Waals surface area contributed by atoms with E-state index in [4.69, 9.17) is 33.8 Å². The lowest BCUT2D eigenvalue weighted by atomic mass is 9.92. The molecular weight excluding hydrogens is 672 g/mol. The maximum absolute atomic E-state index is 14.1. The van der Waals surface area contributed by atoms with Crippen LogP contribution >= 0.6 is 0 Å². The van der Waals surface area contributed by atoms with E-state index in [2.05, 4.69) is 25.0 Å². The molecule has 2 aromatic heterocycles. The van der Waals surface area contributed by atoms with Crippen LogP contribution in [0.25, 0.3) is 5.65 Å². The molecule has 14 heteroatoms. The van der Waals surface area contributed by atoms with E-state index < -0.39 is 42.2 Å². The molecule has 0 aliphatic carbocycles. The minimum Gasteiger partial charge on any atom is -0.480 e. The van der Waals surface area contributed by atoms with Gasteiger partial charge in [0.25, 0.3) is 0 Å². The molecule has 3 aromatic rings. The monoisotopic (exact) mass is 720 g/mol. The van der Waals surface area contributed by atoms with Gasteiger partial charge in [0.1, 0.15) is 17.4 Å². The van der Waals surface area contributed by atoms with Crippen LogP contribution in [0.1, 0.15) is 82.5 Å². The molecule has 1 aromatic carbocycles. The average molecular weight is 721 g/mol. The van der Waals surface area contributed by atoms with E-state index in [1.807, 2.05) is 20.8 Å². The van der Waals surface area contributed by atoms with Crippen molar-refractivity contribution in [3.05, 3.63) is 77.9 Å². The van der Waals surface area contributed by atoms with Crippen LogP contribution in [0.4, 0.5) is 23.4 Å². The van der Waals surface area contributed by atoms with Gasteiger partial charge >= 0.3 is 12.1 Å². The number of carbonyl (C=O) groups excluding carboxylic acids is 1. The van der Waals surface area contributed by atoms with Crippen molar-refractivity contribution >= 4 is 17.4 Å². The number of halogens is 4. The zero-order chi connectivity index (χ0) is 37.6. The third-order valence-electron chi connectivity index (χ3n) is 8.31. The molecule has 1 aliphatic heterocycles. The van der Waals surface area contributed by atoms with Crippen LogP contribution < -0.4 is 9.64 Å². The van der Waals surface area contributed by atoms with Gasteiger partial charge in [-0.1, -0.05) is 18.2 Å². The van der Waals surface area contributed by atoms with Crippen LogP contribution in [0.3, 0.4) is 0 Å². The van der Waals surface area contributed by atoms with Crippen LogP contribution in [0.5, 0.6) is 5.75 Å². The summed E-state index contributed by atoms with van der Waals surface area (Å²) in [6.07, 6.45) is -4.30. The van der Waals surface area contributed by atoms with Crippen LogP contribution in [0.15, 0.2) is 49.6 Å². The van der Waals surface area contributed by atoms with Gasteiger partial charge in [0.15, 0.2) is 17.9 Å². The van der Waals surface area contributed by atoms with E-state index in [1.165, 1.54) is 6.07 Å². The first-order valence-corrected chi connectivity index (χ1v) is 16.9. The topological polar surface area (TPSA) is 96.7 Å². The SMILES string of the molecule is C=CCOC1(C)CCN(c2c([C@H](OC(C)(C)C)C(=O)OCC)c(C)nc3cc(COCc4ccc(F)cc4OC(CC=C)C(F)(F)F)nn23)CC1.